The number of unbranched alkanes of at least 4 members (excludes halogenated alkanes) is 1. The van der Waals surface area contributed by atoms with Crippen LogP contribution in [0.3, 0.4) is 0 Å². The van der Waals surface area contributed by atoms with Gasteiger partial charge in [-0.15, -0.1) is 0 Å². The summed E-state index contributed by atoms with van der Waals surface area (Å²) in [6, 6.07) is 22.3. The van der Waals surface area contributed by atoms with Crippen molar-refractivity contribution in [3.8, 4) is 28.0 Å². The SMILES string of the molecule is CCCCN.CN(C(=O)CNC(=O)c1ccc(-c2ccc(Cl)cc2)cc1)C1C(=O)NCC(=O)NC(C(=O)NCC(=O)CS(N)(=O)=O)Cc2ccc(O)c(c2)-c2cccc1c2. The standard InChI is InChI=1S/C38H37ClN6O9S.C4H11N/c1-45(34(49)20-43-36(50)25-8-6-23(7-9-25)24-10-12-28(39)13-11-24)35-27-4-2-3-26(17-27)30-15-22(5-14-32(30)47)16-31(44-33(48)19-42-38(35)52)37(51)41-18-29(46)21-55(40,53)54;1-2-3-4-5/h2-15,17,31,35,47H,16,18-21H2,1H3,(H,41,51)(H,42,52)(H,43,50)(H,44,48)(H2,40,53,54);2-5H2,1H3. The van der Waals surface area contributed by atoms with Gasteiger partial charge in [-0.3, -0.25) is 28.8 Å². The molecule has 0 saturated carbocycles. The van der Waals surface area contributed by atoms with Crippen molar-refractivity contribution in [3.05, 3.63) is 113 Å². The largest absolute Gasteiger partial charge is 0.507 e. The lowest BCUT2D eigenvalue weighted by molar-refractivity contribution is -0.139. The van der Waals surface area contributed by atoms with Crippen LogP contribution in [0.25, 0.3) is 22.3 Å². The summed E-state index contributed by atoms with van der Waals surface area (Å²) in [7, 11) is -2.76. The van der Waals surface area contributed by atoms with Crippen LogP contribution in [0.5, 0.6) is 5.75 Å². The molecule has 318 valence electrons. The molecule has 2 unspecified atom stereocenters. The molecule has 0 radical (unpaired) electrons. The molecule has 0 saturated heterocycles. The van der Waals surface area contributed by atoms with E-state index in [9.17, 15) is 42.3 Å². The molecule has 4 bridgehead atoms. The number of likely N-dealkylation sites (N-methyl/N-ethyl adjacent to an activating group) is 1. The number of halogens is 1. The Kier molecular flexibility index (Phi) is 16.9. The van der Waals surface area contributed by atoms with Gasteiger partial charge in [-0.1, -0.05) is 73.5 Å². The van der Waals surface area contributed by atoms with E-state index in [1.165, 1.54) is 32.0 Å². The first kappa shape index (κ1) is 46.5. The van der Waals surface area contributed by atoms with Crippen molar-refractivity contribution in [3.63, 3.8) is 0 Å². The lowest BCUT2D eigenvalue weighted by atomic mass is 9.94. The van der Waals surface area contributed by atoms with Crippen LogP contribution in [-0.2, 0) is 40.4 Å². The van der Waals surface area contributed by atoms with Gasteiger partial charge in [0.05, 0.1) is 19.6 Å². The number of fused-ring (bicyclic) bond motifs is 5. The zero-order valence-corrected chi connectivity index (χ0v) is 34.6. The highest BCUT2D eigenvalue weighted by atomic mass is 35.5. The number of amides is 5. The fourth-order valence-electron chi connectivity index (χ4n) is 6.09. The van der Waals surface area contributed by atoms with Crippen molar-refractivity contribution < 1.29 is 42.3 Å². The van der Waals surface area contributed by atoms with Crippen LogP contribution in [0.15, 0.2) is 91.0 Å². The molecular formula is C42H48ClN7O9S. The molecule has 0 spiro atoms. The third-order valence-electron chi connectivity index (χ3n) is 9.22. The topological polar surface area (TPSA) is 260 Å². The molecule has 0 aliphatic carbocycles. The lowest BCUT2D eigenvalue weighted by Gasteiger charge is -2.28. The number of carbonyl (C=O) groups excluding carboxylic acids is 6. The number of hydrogen-bond donors (Lipinski definition) is 7. The number of nitrogens with one attached hydrogen (secondary N) is 4. The van der Waals surface area contributed by atoms with Gasteiger partial charge in [0.25, 0.3) is 5.91 Å². The zero-order valence-electron chi connectivity index (χ0n) is 33.1. The predicted molar refractivity (Wildman–Crippen MR) is 227 cm³/mol. The minimum absolute atomic E-state index is 0.111. The minimum Gasteiger partial charge on any atom is -0.507 e. The molecule has 5 rings (SSSR count). The van der Waals surface area contributed by atoms with Crippen molar-refractivity contribution in [2.45, 2.75) is 38.3 Å². The highest BCUT2D eigenvalue weighted by molar-refractivity contribution is 7.89. The Hall–Kier alpha value is -6.14. The van der Waals surface area contributed by atoms with Crippen molar-refractivity contribution >= 4 is 56.9 Å². The second-order valence-corrected chi connectivity index (χ2v) is 15.9. The monoisotopic (exact) mass is 861 g/mol. The number of ketones is 1. The predicted octanol–water partition coefficient (Wildman–Crippen LogP) is 2.19. The van der Waals surface area contributed by atoms with E-state index in [1.807, 2.05) is 12.1 Å². The summed E-state index contributed by atoms with van der Waals surface area (Å²) < 4.78 is 22.6. The number of rotatable bonds is 12. The van der Waals surface area contributed by atoms with Crippen LogP contribution in [0, 0.1) is 0 Å². The van der Waals surface area contributed by atoms with Crippen molar-refractivity contribution in [2.75, 3.05) is 39.0 Å². The molecule has 0 aromatic heterocycles. The van der Waals surface area contributed by atoms with Crippen molar-refractivity contribution in [1.82, 2.24) is 26.2 Å². The van der Waals surface area contributed by atoms with E-state index in [4.69, 9.17) is 22.5 Å². The van der Waals surface area contributed by atoms with Crippen LogP contribution in [0.1, 0.15) is 47.3 Å². The van der Waals surface area contributed by atoms with E-state index in [1.54, 1.807) is 66.7 Å². The molecule has 4 aromatic carbocycles. The molecule has 60 heavy (non-hydrogen) atoms. The molecule has 16 nitrogen and oxygen atoms in total. The third-order valence-corrected chi connectivity index (χ3v) is 10.2. The number of phenolic OH excluding ortho intramolecular Hbond substituents is 1. The molecule has 1 heterocycles. The fraction of sp³-hybridized carbons (Fsp3) is 0.286. The Morgan fingerprint density at radius 3 is 2.18 bits per heavy atom. The Bertz CT molecular complexity index is 2310. The molecule has 1 aliphatic rings. The number of Topliss-reactive ketones (excluding diaryl/α,β-unsaturated/α-hetero) is 1. The number of carbonyl (C=O) groups is 6. The number of benzene rings is 4. The molecule has 4 aromatic rings. The first-order valence-corrected chi connectivity index (χ1v) is 21.0. The average Bonchev–Trinajstić information content (AvgIpc) is 3.21. The third kappa shape index (κ3) is 13.7. The molecule has 2 atom stereocenters. The second-order valence-electron chi connectivity index (χ2n) is 13.9. The fourth-order valence-corrected chi connectivity index (χ4v) is 6.77. The average molecular weight is 862 g/mol. The molecular weight excluding hydrogens is 814 g/mol. The van der Waals surface area contributed by atoms with Gasteiger partial charge in [-0.2, -0.15) is 0 Å². The minimum atomic E-state index is -4.13. The van der Waals surface area contributed by atoms with E-state index in [2.05, 4.69) is 28.2 Å². The van der Waals surface area contributed by atoms with Crippen molar-refractivity contribution in [1.29, 1.82) is 0 Å². The first-order chi connectivity index (χ1) is 28.5. The second kappa shape index (κ2) is 21.7. The summed E-state index contributed by atoms with van der Waals surface area (Å²) in [5.74, 6) is -5.57. The van der Waals surface area contributed by atoms with E-state index >= 15 is 0 Å². The smallest absolute Gasteiger partial charge is 0.251 e. The molecule has 0 fully saturated rings. The molecule has 9 N–H and O–H groups in total. The first-order valence-electron chi connectivity index (χ1n) is 18.9. The Balaban J connectivity index is 0.00000150. The van der Waals surface area contributed by atoms with Gasteiger partial charge in [-0.05, 0) is 83.2 Å². The Morgan fingerprint density at radius 2 is 1.57 bits per heavy atom. The maximum Gasteiger partial charge on any atom is 0.251 e. The summed E-state index contributed by atoms with van der Waals surface area (Å²) in [5, 5.41) is 26.2. The summed E-state index contributed by atoms with van der Waals surface area (Å²) in [6.45, 7) is 1.21. The number of sulfonamides is 1. The Morgan fingerprint density at radius 1 is 0.900 bits per heavy atom. The molecule has 18 heteroatoms. The van der Waals surface area contributed by atoms with Gasteiger partial charge in [0.15, 0.2) is 5.78 Å². The van der Waals surface area contributed by atoms with E-state index < -0.39 is 82.8 Å². The Labute approximate surface area is 353 Å². The maximum absolute atomic E-state index is 13.8. The number of nitrogens with zero attached hydrogens (tertiary/aromatic N) is 1. The lowest BCUT2D eigenvalue weighted by Crippen LogP contribution is -2.52. The quantitative estimate of drug-likeness (QED) is 0.109. The van der Waals surface area contributed by atoms with Crippen LogP contribution in [0.2, 0.25) is 5.02 Å². The normalized spacial score (nSPS) is 15.2. The van der Waals surface area contributed by atoms with Crippen LogP contribution < -0.4 is 32.1 Å². The van der Waals surface area contributed by atoms with Gasteiger partial charge >= 0.3 is 0 Å². The number of hydrogen-bond acceptors (Lipinski definition) is 10. The number of aromatic hydroxyl groups is 1. The van der Waals surface area contributed by atoms with Crippen molar-refractivity contribution in [2.24, 2.45) is 10.9 Å². The summed E-state index contributed by atoms with van der Waals surface area (Å²) >= 11 is 5.98. The van der Waals surface area contributed by atoms with E-state index in [0.29, 0.717) is 32.8 Å². The summed E-state index contributed by atoms with van der Waals surface area (Å²) in [4.78, 5) is 79.7. The van der Waals surface area contributed by atoms with Crippen LogP contribution in [-0.4, -0.2) is 98.8 Å². The zero-order chi connectivity index (χ0) is 44.0. The molecule has 1 aliphatic heterocycles. The summed E-state index contributed by atoms with van der Waals surface area (Å²) in [5.41, 5.74) is 8.79. The van der Waals surface area contributed by atoms with E-state index in [0.717, 1.165) is 22.6 Å². The number of phenols is 1. The van der Waals surface area contributed by atoms with Gasteiger partial charge in [0.1, 0.15) is 23.6 Å². The van der Waals surface area contributed by atoms with Gasteiger partial charge in [0, 0.05) is 29.6 Å². The van der Waals surface area contributed by atoms with E-state index in [-0.39, 0.29) is 12.2 Å². The molecule has 5 amide bonds. The van der Waals surface area contributed by atoms with Crippen LogP contribution in [0.4, 0.5) is 0 Å². The van der Waals surface area contributed by atoms with Gasteiger partial charge in [-0.25, -0.2) is 13.6 Å². The number of primary sulfonamides is 1. The number of nitrogens with two attached hydrogens (primary N) is 2. The highest BCUT2D eigenvalue weighted by Gasteiger charge is 2.31. The summed E-state index contributed by atoms with van der Waals surface area (Å²) in [6.07, 6.45) is 2.27. The van der Waals surface area contributed by atoms with Gasteiger partial charge < -0.3 is 37.0 Å². The van der Waals surface area contributed by atoms with Gasteiger partial charge in [0.2, 0.25) is 33.7 Å². The maximum atomic E-state index is 13.8. The van der Waals surface area contributed by atoms with Crippen LogP contribution >= 0.6 is 11.6 Å². The highest BCUT2D eigenvalue weighted by Crippen LogP contribution is 2.33.